The van der Waals surface area contributed by atoms with Gasteiger partial charge in [-0.1, -0.05) is 13.3 Å². The van der Waals surface area contributed by atoms with Crippen molar-refractivity contribution in [2.75, 3.05) is 20.3 Å². The molecule has 6 nitrogen and oxygen atoms in total. The number of ether oxygens (including phenoxy) is 1. The molecule has 2 N–H and O–H groups in total. The topological polar surface area (TPSA) is 78.9 Å². The highest BCUT2D eigenvalue weighted by Crippen LogP contribution is 2.29. The highest BCUT2D eigenvalue weighted by molar-refractivity contribution is 5.86. The maximum atomic E-state index is 12.4. The summed E-state index contributed by atoms with van der Waals surface area (Å²) in [7, 11) is 1.76. The Morgan fingerprint density at radius 1 is 1.33 bits per heavy atom. The van der Waals surface area contributed by atoms with Crippen LogP contribution in [0.25, 0.3) is 0 Å². The van der Waals surface area contributed by atoms with Gasteiger partial charge in [0.1, 0.15) is 0 Å². The van der Waals surface area contributed by atoms with Gasteiger partial charge in [-0.3, -0.25) is 0 Å². The van der Waals surface area contributed by atoms with Crippen LogP contribution in [-0.2, 0) is 9.53 Å². The second-order valence-electron chi connectivity index (χ2n) is 6.31. The minimum absolute atomic E-state index is 0.0461. The molecule has 0 spiro atoms. The minimum atomic E-state index is -1.26. The van der Waals surface area contributed by atoms with E-state index in [0.29, 0.717) is 13.0 Å². The Balaban J connectivity index is 1.92. The van der Waals surface area contributed by atoms with Crippen molar-refractivity contribution >= 4 is 12.0 Å². The molecule has 21 heavy (non-hydrogen) atoms. The zero-order valence-electron chi connectivity index (χ0n) is 12.9. The first-order chi connectivity index (χ1) is 9.98. The molecule has 0 aromatic carbocycles. The lowest BCUT2D eigenvalue weighted by molar-refractivity contribution is -0.144. The number of rotatable bonds is 4. The average Bonchev–Trinajstić information content (AvgIpc) is 2.96. The number of nitrogens with one attached hydrogen (secondary N) is 1. The van der Waals surface area contributed by atoms with Crippen LogP contribution in [0, 0.1) is 5.92 Å². The van der Waals surface area contributed by atoms with Crippen molar-refractivity contribution in [3.8, 4) is 0 Å². The molecule has 2 aliphatic rings. The van der Waals surface area contributed by atoms with Crippen LogP contribution < -0.4 is 5.32 Å². The Morgan fingerprint density at radius 3 is 2.48 bits per heavy atom. The number of carbonyl (C=O) groups is 2. The number of hydrogen-bond donors (Lipinski definition) is 2. The smallest absolute Gasteiger partial charge is 0.332 e. The number of carboxylic acid groups (broad SMARTS) is 1. The maximum Gasteiger partial charge on any atom is 0.332 e. The van der Waals surface area contributed by atoms with Gasteiger partial charge < -0.3 is 20.1 Å². The average molecular weight is 298 g/mol. The predicted molar refractivity (Wildman–Crippen MR) is 78.1 cm³/mol. The van der Waals surface area contributed by atoms with Crippen molar-refractivity contribution in [1.29, 1.82) is 0 Å². The number of carboxylic acids is 1. The summed E-state index contributed by atoms with van der Waals surface area (Å²) in [6, 6.07) is -0.0937. The van der Waals surface area contributed by atoms with E-state index in [0.717, 1.165) is 31.6 Å². The fraction of sp³-hybridized carbons (Fsp3) is 0.867. The summed E-state index contributed by atoms with van der Waals surface area (Å²) in [5, 5.41) is 12.0. The van der Waals surface area contributed by atoms with Gasteiger partial charge in [-0.15, -0.1) is 0 Å². The van der Waals surface area contributed by atoms with Crippen molar-refractivity contribution in [3.05, 3.63) is 0 Å². The molecule has 6 heteroatoms. The van der Waals surface area contributed by atoms with E-state index in [1.165, 1.54) is 6.42 Å². The molecule has 2 fully saturated rings. The molecule has 1 saturated heterocycles. The van der Waals surface area contributed by atoms with Crippen LogP contribution >= 0.6 is 0 Å². The van der Waals surface area contributed by atoms with Crippen molar-refractivity contribution in [3.63, 3.8) is 0 Å². The van der Waals surface area contributed by atoms with Crippen LogP contribution in [0.15, 0.2) is 0 Å². The largest absolute Gasteiger partial charge is 0.479 e. The molecule has 1 heterocycles. The third-order valence-electron chi connectivity index (χ3n) is 5.04. The van der Waals surface area contributed by atoms with Crippen LogP contribution in [0.1, 0.15) is 45.4 Å². The summed E-state index contributed by atoms with van der Waals surface area (Å²) in [6.07, 6.45) is 5.81. The van der Waals surface area contributed by atoms with Crippen molar-refractivity contribution in [2.45, 2.75) is 57.0 Å². The fourth-order valence-corrected chi connectivity index (χ4v) is 3.28. The molecular formula is C15H26N2O4. The van der Waals surface area contributed by atoms with Crippen molar-refractivity contribution in [2.24, 2.45) is 5.92 Å². The van der Waals surface area contributed by atoms with Crippen molar-refractivity contribution < 1.29 is 19.4 Å². The molecule has 1 atom stereocenters. The molecule has 0 aromatic heterocycles. The Labute approximate surface area is 125 Å². The number of carbonyl (C=O) groups excluding carboxylic acids is 1. The second kappa shape index (κ2) is 6.64. The van der Waals surface area contributed by atoms with Crippen molar-refractivity contribution in [1.82, 2.24) is 10.2 Å². The lowest BCUT2D eigenvalue weighted by atomic mass is 9.84. The number of amides is 2. The molecule has 0 aromatic rings. The maximum absolute atomic E-state index is 12.4. The number of urea groups is 1. The Bertz CT molecular complexity index is 385. The van der Waals surface area contributed by atoms with Gasteiger partial charge in [0.2, 0.25) is 0 Å². The molecular weight excluding hydrogens is 272 g/mol. The van der Waals surface area contributed by atoms with Gasteiger partial charge in [-0.2, -0.15) is 0 Å². The SMILES string of the molecule is CCC1CCC(N(C)C(=O)NC2(C(=O)O)CCOC2)CC1. The Morgan fingerprint density at radius 2 is 2.00 bits per heavy atom. The molecule has 0 bridgehead atoms. The monoisotopic (exact) mass is 298 g/mol. The number of hydrogen-bond acceptors (Lipinski definition) is 3. The predicted octanol–water partition coefficient (Wildman–Crippen LogP) is 1.84. The summed E-state index contributed by atoms with van der Waals surface area (Å²) < 4.78 is 5.16. The van der Waals surface area contributed by atoms with Crippen LogP contribution in [0.2, 0.25) is 0 Å². The molecule has 1 aliphatic carbocycles. The Kier molecular flexibility index (Phi) is 5.08. The van der Waals surface area contributed by atoms with E-state index in [4.69, 9.17) is 4.74 Å². The molecule has 1 unspecified atom stereocenters. The molecule has 1 aliphatic heterocycles. The summed E-state index contributed by atoms with van der Waals surface area (Å²) in [4.78, 5) is 25.5. The molecule has 120 valence electrons. The first-order valence-electron chi connectivity index (χ1n) is 7.84. The van der Waals surface area contributed by atoms with E-state index in [2.05, 4.69) is 12.2 Å². The lowest BCUT2D eigenvalue weighted by Crippen LogP contribution is -2.59. The van der Waals surface area contributed by atoms with Crippen LogP contribution in [0.5, 0.6) is 0 Å². The van der Waals surface area contributed by atoms with Gasteiger partial charge in [-0.05, 0) is 31.6 Å². The standard InChI is InChI=1S/C15H26N2O4/c1-3-11-4-6-12(7-5-11)17(2)14(20)16-15(13(18)19)8-9-21-10-15/h11-12H,3-10H2,1-2H3,(H,16,20)(H,18,19). The van der Waals surface area contributed by atoms with Crippen LogP contribution in [0.4, 0.5) is 4.79 Å². The van der Waals surface area contributed by atoms with Gasteiger partial charge in [0.25, 0.3) is 0 Å². The minimum Gasteiger partial charge on any atom is -0.479 e. The van der Waals surface area contributed by atoms with Crippen LogP contribution in [-0.4, -0.2) is 53.8 Å². The van der Waals surface area contributed by atoms with Gasteiger partial charge in [-0.25, -0.2) is 9.59 Å². The van der Waals surface area contributed by atoms with Gasteiger partial charge >= 0.3 is 12.0 Å². The molecule has 1 saturated carbocycles. The summed E-state index contributed by atoms with van der Waals surface area (Å²) in [5.74, 6) is -0.247. The van der Waals surface area contributed by atoms with E-state index in [1.807, 2.05) is 0 Å². The number of aliphatic carboxylic acids is 1. The lowest BCUT2D eigenvalue weighted by Gasteiger charge is -2.36. The summed E-state index contributed by atoms with van der Waals surface area (Å²) in [5.41, 5.74) is -1.26. The highest BCUT2D eigenvalue weighted by Gasteiger charge is 2.45. The third kappa shape index (κ3) is 3.48. The highest BCUT2D eigenvalue weighted by atomic mass is 16.5. The van der Waals surface area contributed by atoms with Crippen LogP contribution in [0.3, 0.4) is 0 Å². The normalized spacial score (nSPS) is 32.7. The number of nitrogens with zero attached hydrogens (tertiary/aromatic N) is 1. The fourth-order valence-electron chi connectivity index (χ4n) is 3.28. The van der Waals surface area contributed by atoms with Gasteiger partial charge in [0, 0.05) is 26.1 Å². The van der Waals surface area contributed by atoms with E-state index < -0.39 is 11.5 Å². The Hall–Kier alpha value is -1.30. The first kappa shape index (κ1) is 16.1. The molecule has 0 radical (unpaired) electrons. The van der Waals surface area contributed by atoms with E-state index in [-0.39, 0.29) is 18.7 Å². The molecule has 2 rings (SSSR count). The quantitative estimate of drug-likeness (QED) is 0.830. The van der Waals surface area contributed by atoms with E-state index in [9.17, 15) is 14.7 Å². The van der Waals surface area contributed by atoms with Gasteiger partial charge in [0.05, 0.1) is 6.61 Å². The summed E-state index contributed by atoms with van der Waals surface area (Å²) in [6.45, 7) is 2.63. The zero-order valence-corrected chi connectivity index (χ0v) is 12.9. The third-order valence-corrected chi connectivity index (χ3v) is 5.04. The van der Waals surface area contributed by atoms with E-state index in [1.54, 1.807) is 11.9 Å². The zero-order chi connectivity index (χ0) is 15.5. The summed E-state index contributed by atoms with van der Waals surface area (Å²) >= 11 is 0. The van der Waals surface area contributed by atoms with Gasteiger partial charge in [0.15, 0.2) is 5.54 Å². The molecule has 2 amide bonds. The first-order valence-corrected chi connectivity index (χ1v) is 7.84. The van der Waals surface area contributed by atoms with E-state index >= 15 is 0 Å². The second-order valence-corrected chi connectivity index (χ2v) is 6.31.